The third-order valence-electron chi connectivity index (χ3n) is 1.49. The van der Waals surface area contributed by atoms with E-state index in [2.05, 4.69) is 11.9 Å². The zero-order valence-electron chi connectivity index (χ0n) is 5.00. The van der Waals surface area contributed by atoms with Gasteiger partial charge in [-0.15, -0.1) is 6.58 Å². The highest BCUT2D eigenvalue weighted by molar-refractivity contribution is 5.83. The number of nitrogens with one attached hydrogen (secondary N) is 1. The molecule has 1 saturated heterocycles. The van der Waals surface area contributed by atoms with Crippen LogP contribution in [0.3, 0.4) is 0 Å². The second-order valence-electron chi connectivity index (χ2n) is 2.09. The Bertz CT molecular complexity index is 144. The van der Waals surface area contributed by atoms with Crippen molar-refractivity contribution >= 4 is 5.91 Å². The van der Waals surface area contributed by atoms with E-state index in [0.29, 0.717) is 6.54 Å². The SMILES string of the molecule is C=C[C@H]1CNC(=O)[C@H]1O. The van der Waals surface area contributed by atoms with E-state index < -0.39 is 6.10 Å². The van der Waals surface area contributed by atoms with Crippen LogP contribution in [0, 0.1) is 5.92 Å². The van der Waals surface area contributed by atoms with Crippen LogP contribution < -0.4 is 5.32 Å². The summed E-state index contributed by atoms with van der Waals surface area (Å²) in [6.07, 6.45) is 0.713. The van der Waals surface area contributed by atoms with Crippen LogP contribution in [0.25, 0.3) is 0 Å². The predicted molar refractivity (Wildman–Crippen MR) is 32.7 cm³/mol. The quantitative estimate of drug-likeness (QED) is 0.457. The monoisotopic (exact) mass is 127 g/mol. The summed E-state index contributed by atoms with van der Waals surface area (Å²) in [5.74, 6) is -0.391. The number of hydrogen-bond acceptors (Lipinski definition) is 2. The molecule has 0 aliphatic carbocycles. The van der Waals surface area contributed by atoms with Gasteiger partial charge in [0.15, 0.2) is 0 Å². The van der Waals surface area contributed by atoms with Crippen molar-refractivity contribution in [2.45, 2.75) is 6.10 Å². The van der Waals surface area contributed by atoms with E-state index >= 15 is 0 Å². The molecular formula is C6H9NO2. The molecule has 50 valence electrons. The molecule has 1 fully saturated rings. The van der Waals surface area contributed by atoms with Crippen molar-refractivity contribution in [2.75, 3.05) is 6.54 Å². The minimum absolute atomic E-state index is 0.0995. The van der Waals surface area contributed by atoms with E-state index in [9.17, 15) is 4.79 Å². The Hall–Kier alpha value is -0.830. The predicted octanol–water partition coefficient (Wildman–Crippen LogP) is -0.721. The molecule has 1 rings (SSSR count). The van der Waals surface area contributed by atoms with Gasteiger partial charge in [-0.3, -0.25) is 4.79 Å². The van der Waals surface area contributed by atoms with Crippen LogP contribution in [0.15, 0.2) is 12.7 Å². The van der Waals surface area contributed by atoms with E-state index in [1.807, 2.05) is 0 Å². The standard InChI is InChI=1S/C6H9NO2/c1-2-4-3-7-6(9)5(4)8/h2,4-5,8H,1,3H2,(H,7,9)/t4-,5-/m0/s1. The largest absolute Gasteiger partial charge is 0.383 e. The maximum absolute atomic E-state index is 10.5. The van der Waals surface area contributed by atoms with Gasteiger partial charge in [-0.25, -0.2) is 0 Å². The van der Waals surface area contributed by atoms with E-state index in [1.165, 1.54) is 0 Å². The molecule has 0 radical (unpaired) electrons. The van der Waals surface area contributed by atoms with Gasteiger partial charge in [-0.1, -0.05) is 6.08 Å². The molecule has 0 unspecified atom stereocenters. The first kappa shape index (κ1) is 6.29. The lowest BCUT2D eigenvalue weighted by molar-refractivity contribution is -0.126. The molecule has 2 N–H and O–H groups in total. The fourth-order valence-electron chi connectivity index (χ4n) is 0.841. The minimum atomic E-state index is -0.873. The van der Waals surface area contributed by atoms with Crippen molar-refractivity contribution in [3.8, 4) is 0 Å². The Labute approximate surface area is 53.4 Å². The summed E-state index contributed by atoms with van der Waals surface area (Å²) in [7, 11) is 0. The van der Waals surface area contributed by atoms with Gasteiger partial charge in [0.05, 0.1) is 0 Å². The van der Waals surface area contributed by atoms with Gasteiger partial charge in [0.2, 0.25) is 5.91 Å². The number of carbonyl (C=O) groups is 1. The van der Waals surface area contributed by atoms with Gasteiger partial charge in [-0.2, -0.15) is 0 Å². The molecule has 1 amide bonds. The van der Waals surface area contributed by atoms with Crippen LogP contribution in [0.2, 0.25) is 0 Å². The molecule has 0 aromatic rings. The molecule has 3 heteroatoms. The van der Waals surface area contributed by atoms with Gasteiger partial charge in [0, 0.05) is 12.5 Å². The Morgan fingerprint density at radius 3 is 2.78 bits per heavy atom. The molecule has 2 atom stereocenters. The molecule has 0 aromatic heterocycles. The summed E-state index contributed by atoms with van der Waals surface area (Å²) in [6, 6.07) is 0. The maximum Gasteiger partial charge on any atom is 0.249 e. The van der Waals surface area contributed by atoms with Crippen LogP contribution >= 0.6 is 0 Å². The lowest BCUT2D eigenvalue weighted by atomic mass is 10.1. The molecular weight excluding hydrogens is 118 g/mol. The average Bonchev–Trinajstić information content (AvgIpc) is 2.15. The van der Waals surface area contributed by atoms with Crippen LogP contribution in [-0.2, 0) is 4.79 Å². The molecule has 9 heavy (non-hydrogen) atoms. The Morgan fingerprint density at radius 1 is 1.89 bits per heavy atom. The first-order valence-corrected chi connectivity index (χ1v) is 2.84. The minimum Gasteiger partial charge on any atom is -0.383 e. The van der Waals surface area contributed by atoms with Crippen LogP contribution in [0.4, 0.5) is 0 Å². The molecule has 0 spiro atoms. The van der Waals surface area contributed by atoms with E-state index in [1.54, 1.807) is 6.08 Å². The Kier molecular flexibility index (Phi) is 1.53. The zero-order valence-corrected chi connectivity index (χ0v) is 5.00. The molecule has 1 aliphatic heterocycles. The third kappa shape index (κ3) is 0.954. The number of carbonyl (C=O) groups excluding carboxylic acids is 1. The maximum atomic E-state index is 10.5. The zero-order chi connectivity index (χ0) is 6.85. The normalized spacial score (nSPS) is 34.1. The summed E-state index contributed by atoms with van der Waals surface area (Å²) in [6.45, 7) is 3.99. The van der Waals surface area contributed by atoms with Gasteiger partial charge in [0.1, 0.15) is 6.10 Å². The van der Waals surface area contributed by atoms with E-state index in [0.717, 1.165) is 0 Å². The first-order chi connectivity index (χ1) is 4.25. The molecule has 0 bridgehead atoms. The molecule has 0 saturated carbocycles. The topological polar surface area (TPSA) is 49.3 Å². The number of hydrogen-bond donors (Lipinski definition) is 2. The summed E-state index contributed by atoms with van der Waals surface area (Å²) in [4.78, 5) is 10.5. The Morgan fingerprint density at radius 2 is 2.56 bits per heavy atom. The lowest BCUT2D eigenvalue weighted by Crippen LogP contribution is -2.23. The number of aliphatic hydroxyl groups excluding tert-OH is 1. The second-order valence-corrected chi connectivity index (χ2v) is 2.09. The highest BCUT2D eigenvalue weighted by atomic mass is 16.3. The molecule has 0 aromatic carbocycles. The Balaban J connectivity index is 2.61. The summed E-state index contributed by atoms with van der Waals surface area (Å²) in [5, 5.41) is 11.5. The number of aliphatic hydroxyl groups is 1. The number of amides is 1. The first-order valence-electron chi connectivity index (χ1n) is 2.84. The second kappa shape index (κ2) is 2.19. The summed E-state index contributed by atoms with van der Waals surface area (Å²) in [5.41, 5.74) is 0. The van der Waals surface area contributed by atoms with Gasteiger partial charge in [0.25, 0.3) is 0 Å². The fraction of sp³-hybridized carbons (Fsp3) is 0.500. The number of rotatable bonds is 1. The van der Waals surface area contributed by atoms with E-state index in [-0.39, 0.29) is 11.8 Å². The van der Waals surface area contributed by atoms with Crippen molar-refractivity contribution in [2.24, 2.45) is 5.92 Å². The molecule has 1 aliphatic rings. The van der Waals surface area contributed by atoms with Gasteiger partial charge < -0.3 is 10.4 Å². The average molecular weight is 127 g/mol. The molecule has 1 heterocycles. The van der Waals surface area contributed by atoms with Gasteiger partial charge >= 0.3 is 0 Å². The lowest BCUT2D eigenvalue weighted by Gasteiger charge is -2.02. The van der Waals surface area contributed by atoms with Crippen molar-refractivity contribution in [3.63, 3.8) is 0 Å². The highest BCUT2D eigenvalue weighted by Gasteiger charge is 2.29. The van der Waals surface area contributed by atoms with Crippen LogP contribution in [-0.4, -0.2) is 23.7 Å². The summed E-state index contributed by atoms with van der Waals surface area (Å²) >= 11 is 0. The van der Waals surface area contributed by atoms with Crippen molar-refractivity contribution in [1.29, 1.82) is 0 Å². The third-order valence-corrected chi connectivity index (χ3v) is 1.49. The van der Waals surface area contributed by atoms with Crippen molar-refractivity contribution in [3.05, 3.63) is 12.7 Å². The van der Waals surface area contributed by atoms with Crippen molar-refractivity contribution < 1.29 is 9.90 Å². The fourth-order valence-corrected chi connectivity index (χ4v) is 0.841. The summed E-state index contributed by atoms with van der Waals surface area (Å²) < 4.78 is 0. The smallest absolute Gasteiger partial charge is 0.249 e. The van der Waals surface area contributed by atoms with E-state index in [4.69, 9.17) is 5.11 Å². The molecule has 3 nitrogen and oxygen atoms in total. The van der Waals surface area contributed by atoms with Gasteiger partial charge in [-0.05, 0) is 0 Å². The van der Waals surface area contributed by atoms with Crippen LogP contribution in [0.5, 0.6) is 0 Å². The highest BCUT2D eigenvalue weighted by Crippen LogP contribution is 2.09. The van der Waals surface area contributed by atoms with Crippen molar-refractivity contribution in [1.82, 2.24) is 5.32 Å². The van der Waals surface area contributed by atoms with Crippen LogP contribution in [0.1, 0.15) is 0 Å².